The van der Waals surface area contributed by atoms with E-state index in [0.29, 0.717) is 13.0 Å². The monoisotopic (exact) mass is 344 g/mol. The number of benzene rings is 1. The molecule has 0 spiro atoms. The molecule has 1 unspecified atom stereocenters. The molecule has 1 amide bonds. The molecule has 6 heteroatoms. The number of hydrogen-bond donors (Lipinski definition) is 0. The van der Waals surface area contributed by atoms with Gasteiger partial charge in [-0.2, -0.15) is 0 Å². The normalized spacial score (nSPS) is 19.5. The average Bonchev–Trinajstić information content (AvgIpc) is 2.94. The van der Waals surface area contributed by atoms with E-state index in [1.165, 1.54) is 22.0 Å². The highest BCUT2D eigenvalue weighted by Gasteiger charge is 2.29. The Morgan fingerprint density at radius 1 is 1.25 bits per heavy atom. The van der Waals surface area contributed by atoms with Crippen LogP contribution in [0.3, 0.4) is 0 Å². The lowest BCUT2D eigenvalue weighted by atomic mass is 10.1. The summed E-state index contributed by atoms with van der Waals surface area (Å²) in [7, 11) is 0. The number of aromatic nitrogens is 2. The number of carbonyl (C=O) groups is 1. The maximum atomic E-state index is 12.7. The molecular weight excluding hydrogens is 320 g/mol. The smallest absolute Gasteiger partial charge is 0.224 e. The predicted octanol–water partition coefficient (Wildman–Crippen LogP) is 2.86. The summed E-state index contributed by atoms with van der Waals surface area (Å²) in [5, 5.41) is 4.09. The van der Waals surface area contributed by atoms with Gasteiger partial charge in [0, 0.05) is 38.6 Å². The minimum absolute atomic E-state index is 0.251. The summed E-state index contributed by atoms with van der Waals surface area (Å²) in [5.41, 5.74) is 2.20. The Kier molecular flexibility index (Phi) is 5.58. The fraction of sp³-hybridized carbons (Fsp3) is 0.500. The first kappa shape index (κ1) is 17.0. The Morgan fingerprint density at radius 2 is 2.04 bits per heavy atom. The SMILES string of the molecule is CCC1CN(Cc2snnc2C)CCC(=O)N1Cc1ccccc1. The number of aryl methyl sites for hydroxylation is 1. The molecule has 0 saturated carbocycles. The second-order valence-corrected chi connectivity index (χ2v) is 7.17. The summed E-state index contributed by atoms with van der Waals surface area (Å²) in [4.78, 5) is 18.3. The van der Waals surface area contributed by atoms with Crippen molar-refractivity contribution in [2.24, 2.45) is 0 Å². The Balaban J connectivity index is 1.72. The Hall–Kier alpha value is -1.79. The third-order valence-electron chi connectivity index (χ3n) is 4.65. The molecule has 1 aromatic carbocycles. The van der Waals surface area contributed by atoms with E-state index in [1.54, 1.807) is 0 Å². The number of rotatable bonds is 5. The van der Waals surface area contributed by atoms with Crippen LogP contribution < -0.4 is 0 Å². The van der Waals surface area contributed by atoms with Gasteiger partial charge >= 0.3 is 0 Å². The Bertz CT molecular complexity index is 673. The van der Waals surface area contributed by atoms with E-state index < -0.39 is 0 Å². The van der Waals surface area contributed by atoms with E-state index in [4.69, 9.17) is 0 Å². The van der Waals surface area contributed by atoms with E-state index in [2.05, 4.69) is 38.4 Å². The molecule has 24 heavy (non-hydrogen) atoms. The topological polar surface area (TPSA) is 49.3 Å². The first-order valence-corrected chi connectivity index (χ1v) is 9.28. The second-order valence-electron chi connectivity index (χ2n) is 6.34. The Morgan fingerprint density at radius 3 is 2.71 bits per heavy atom. The molecule has 2 heterocycles. The van der Waals surface area contributed by atoms with Crippen LogP contribution in [-0.2, 0) is 17.9 Å². The molecule has 1 saturated heterocycles. The van der Waals surface area contributed by atoms with Crippen LogP contribution in [-0.4, -0.2) is 44.4 Å². The second kappa shape index (κ2) is 7.85. The van der Waals surface area contributed by atoms with Crippen molar-refractivity contribution < 1.29 is 4.79 Å². The number of hydrogen-bond acceptors (Lipinski definition) is 5. The highest BCUT2D eigenvalue weighted by molar-refractivity contribution is 7.05. The number of carbonyl (C=O) groups excluding carboxylic acids is 1. The minimum atomic E-state index is 0.251. The average molecular weight is 344 g/mol. The van der Waals surface area contributed by atoms with Crippen LogP contribution in [0.25, 0.3) is 0 Å². The van der Waals surface area contributed by atoms with Crippen molar-refractivity contribution in [3.8, 4) is 0 Å². The molecule has 1 aliphatic rings. The van der Waals surface area contributed by atoms with E-state index in [0.717, 1.165) is 31.7 Å². The van der Waals surface area contributed by atoms with Gasteiger partial charge in [0.2, 0.25) is 5.91 Å². The molecule has 1 aliphatic heterocycles. The van der Waals surface area contributed by atoms with Crippen molar-refractivity contribution in [3.63, 3.8) is 0 Å². The van der Waals surface area contributed by atoms with Crippen LogP contribution in [0.5, 0.6) is 0 Å². The highest BCUT2D eigenvalue weighted by Crippen LogP contribution is 2.20. The largest absolute Gasteiger partial charge is 0.334 e. The summed E-state index contributed by atoms with van der Waals surface area (Å²) in [5.74, 6) is 0.257. The number of amides is 1. The number of nitrogens with zero attached hydrogens (tertiary/aromatic N) is 4. The summed E-state index contributed by atoms with van der Waals surface area (Å²) in [6.45, 7) is 7.42. The fourth-order valence-corrected chi connectivity index (χ4v) is 3.85. The standard InChI is InChI=1S/C18H24N4OS/c1-3-16-12-21(13-17-14(2)19-20-24-17)10-9-18(23)22(16)11-15-7-5-4-6-8-15/h4-8,16H,3,9-13H2,1-2H3. The molecule has 3 rings (SSSR count). The lowest BCUT2D eigenvalue weighted by Crippen LogP contribution is -2.42. The molecular formula is C18H24N4OS. The molecule has 1 atom stereocenters. The molecule has 128 valence electrons. The van der Waals surface area contributed by atoms with Crippen LogP contribution in [0, 0.1) is 6.92 Å². The quantitative estimate of drug-likeness (QED) is 0.837. The Labute approximate surface area is 147 Å². The van der Waals surface area contributed by atoms with Crippen LogP contribution in [0.2, 0.25) is 0 Å². The van der Waals surface area contributed by atoms with Crippen molar-refractivity contribution in [3.05, 3.63) is 46.5 Å². The van der Waals surface area contributed by atoms with Gasteiger partial charge in [0.15, 0.2) is 0 Å². The highest BCUT2D eigenvalue weighted by atomic mass is 32.1. The lowest BCUT2D eigenvalue weighted by molar-refractivity contribution is -0.133. The van der Waals surface area contributed by atoms with Gasteiger partial charge in [-0.05, 0) is 30.4 Å². The van der Waals surface area contributed by atoms with Crippen LogP contribution >= 0.6 is 11.5 Å². The summed E-state index contributed by atoms with van der Waals surface area (Å²) >= 11 is 1.46. The zero-order valence-electron chi connectivity index (χ0n) is 14.3. The fourth-order valence-electron chi connectivity index (χ4n) is 3.18. The maximum Gasteiger partial charge on any atom is 0.224 e. The first-order chi connectivity index (χ1) is 11.7. The lowest BCUT2D eigenvalue weighted by Gasteiger charge is -2.31. The summed E-state index contributed by atoms with van der Waals surface area (Å²) in [6, 6.07) is 10.5. The first-order valence-electron chi connectivity index (χ1n) is 8.51. The van der Waals surface area contributed by atoms with Gasteiger partial charge in [-0.25, -0.2) is 0 Å². The van der Waals surface area contributed by atoms with Gasteiger partial charge in [-0.1, -0.05) is 41.7 Å². The van der Waals surface area contributed by atoms with Crippen LogP contribution in [0.15, 0.2) is 30.3 Å². The van der Waals surface area contributed by atoms with E-state index >= 15 is 0 Å². The van der Waals surface area contributed by atoms with Gasteiger partial charge in [0.25, 0.3) is 0 Å². The van der Waals surface area contributed by atoms with E-state index in [1.807, 2.05) is 25.1 Å². The van der Waals surface area contributed by atoms with Crippen molar-refractivity contribution in [1.82, 2.24) is 19.4 Å². The molecule has 0 radical (unpaired) electrons. The maximum absolute atomic E-state index is 12.7. The van der Waals surface area contributed by atoms with Crippen molar-refractivity contribution in [1.29, 1.82) is 0 Å². The third kappa shape index (κ3) is 3.99. The van der Waals surface area contributed by atoms with Crippen LogP contribution in [0.4, 0.5) is 0 Å². The zero-order valence-corrected chi connectivity index (χ0v) is 15.1. The molecule has 0 bridgehead atoms. The summed E-state index contributed by atoms with van der Waals surface area (Å²) < 4.78 is 4.02. The van der Waals surface area contributed by atoms with E-state index in [9.17, 15) is 4.79 Å². The van der Waals surface area contributed by atoms with Crippen LogP contribution in [0.1, 0.15) is 35.9 Å². The van der Waals surface area contributed by atoms with Gasteiger partial charge in [-0.3, -0.25) is 9.69 Å². The van der Waals surface area contributed by atoms with Crippen molar-refractivity contribution in [2.75, 3.05) is 13.1 Å². The molecule has 2 aromatic rings. The van der Waals surface area contributed by atoms with Crippen molar-refractivity contribution >= 4 is 17.4 Å². The van der Waals surface area contributed by atoms with Gasteiger partial charge < -0.3 is 4.90 Å². The van der Waals surface area contributed by atoms with Gasteiger partial charge in [0.1, 0.15) is 0 Å². The zero-order chi connectivity index (χ0) is 16.9. The molecule has 0 N–H and O–H groups in total. The van der Waals surface area contributed by atoms with E-state index in [-0.39, 0.29) is 11.9 Å². The van der Waals surface area contributed by atoms with Gasteiger partial charge in [0.05, 0.1) is 10.6 Å². The molecule has 0 aliphatic carbocycles. The molecule has 1 fully saturated rings. The minimum Gasteiger partial charge on any atom is -0.334 e. The third-order valence-corrected chi connectivity index (χ3v) is 5.46. The molecule has 1 aromatic heterocycles. The summed E-state index contributed by atoms with van der Waals surface area (Å²) in [6.07, 6.45) is 1.55. The van der Waals surface area contributed by atoms with Crippen molar-refractivity contribution in [2.45, 2.75) is 45.8 Å². The molecule has 5 nitrogen and oxygen atoms in total. The predicted molar refractivity (Wildman–Crippen MR) is 95.6 cm³/mol. The van der Waals surface area contributed by atoms with Gasteiger partial charge in [-0.15, -0.1) is 5.10 Å².